The number of hydrogen-bond donors (Lipinski definition) is 8. The number of nitrogens with two attached hydrogens (primary N) is 1. The molecule has 348 valence electrons. The van der Waals surface area contributed by atoms with Gasteiger partial charge in [-0.15, -0.1) is 0 Å². The van der Waals surface area contributed by atoms with Crippen LogP contribution < -0.4 is 27.0 Å². The van der Waals surface area contributed by atoms with E-state index < -0.39 is 126 Å². The smallest absolute Gasteiger partial charge is 0.329 e. The van der Waals surface area contributed by atoms with Crippen LogP contribution in [0.3, 0.4) is 0 Å². The molecule has 4 rings (SSSR count). The zero-order valence-electron chi connectivity index (χ0n) is 36.9. The Morgan fingerprint density at radius 1 is 0.905 bits per heavy atom. The predicted octanol–water partition coefficient (Wildman–Crippen LogP) is -0.139. The number of allylic oxidation sites excluding steroid dienone is 1. The van der Waals surface area contributed by atoms with Crippen molar-refractivity contribution in [3.05, 3.63) is 48.0 Å². The first-order chi connectivity index (χ1) is 29.7. The number of benzene rings is 1. The number of likely N-dealkylation sites (N-methyl/N-ethyl adjacent to an activating group) is 1. The highest BCUT2D eigenvalue weighted by molar-refractivity contribution is 5.98. The number of aliphatic hydroxyl groups excluding tert-OH is 2. The standard InChI is InChI=1S/C44H65N7O12/c1-7-24(4)35-44(62)63-25(5)36(48-33(53)19-17-29(45)43(60)61)40(57)47-31(21-27-13-15-28(52)16-14-27)38(55)46-30-18-20-34(54)51(41(30)58)37(23(2)3)42(59)50(6)32(39(56)49-35)22-26-11-9-8-10-12-26/h8-13,15,23-25,27-32,34-37,52,54H,7,14,16-22,45H2,1-6H3,(H,46,55)(H,47,57)(H,48,53)(H,49,56)(H,60,61)/t24-,25?,27-,28-,29?,30-,31-,32-,34+,35-,36-,37-/m0/s1. The van der Waals surface area contributed by atoms with Crippen molar-refractivity contribution in [2.75, 3.05) is 7.05 Å². The van der Waals surface area contributed by atoms with Crippen LogP contribution in [0.2, 0.25) is 0 Å². The van der Waals surface area contributed by atoms with E-state index in [1.807, 2.05) is 0 Å². The quantitative estimate of drug-likeness (QED) is 0.100. The van der Waals surface area contributed by atoms with E-state index in [4.69, 9.17) is 10.5 Å². The Hall–Kier alpha value is -5.40. The second kappa shape index (κ2) is 22.8. The Bertz CT molecular complexity index is 1850. The molecule has 6 amide bonds. The van der Waals surface area contributed by atoms with Crippen LogP contribution in [0, 0.1) is 17.8 Å². The summed E-state index contributed by atoms with van der Waals surface area (Å²) in [6.07, 6.45) is 0.0986. The van der Waals surface area contributed by atoms with E-state index in [0.29, 0.717) is 24.8 Å². The second-order valence-electron chi connectivity index (χ2n) is 17.3. The summed E-state index contributed by atoms with van der Waals surface area (Å²) in [5.74, 6) is -8.53. The van der Waals surface area contributed by atoms with Crippen LogP contribution in [0.15, 0.2) is 42.5 Å². The summed E-state index contributed by atoms with van der Waals surface area (Å²) >= 11 is 0. The van der Waals surface area contributed by atoms with Crippen molar-refractivity contribution in [2.45, 2.75) is 153 Å². The fraction of sp³-hybridized carbons (Fsp3) is 0.636. The third-order valence-electron chi connectivity index (χ3n) is 12.2. The van der Waals surface area contributed by atoms with Gasteiger partial charge in [0.05, 0.1) is 6.10 Å². The van der Waals surface area contributed by atoms with Crippen LogP contribution in [0.25, 0.3) is 0 Å². The van der Waals surface area contributed by atoms with Gasteiger partial charge in [0.15, 0.2) is 0 Å². The topological polar surface area (TPSA) is 287 Å². The van der Waals surface area contributed by atoms with Crippen molar-refractivity contribution in [3.63, 3.8) is 0 Å². The highest BCUT2D eigenvalue weighted by Crippen LogP contribution is 2.27. The largest absolute Gasteiger partial charge is 0.480 e. The number of rotatable bonds is 12. The number of cyclic esters (lactones) is 1. The Labute approximate surface area is 367 Å². The second-order valence-corrected chi connectivity index (χ2v) is 17.3. The molecule has 2 unspecified atom stereocenters. The van der Waals surface area contributed by atoms with Crippen molar-refractivity contribution >= 4 is 47.4 Å². The molecule has 2 fully saturated rings. The van der Waals surface area contributed by atoms with Gasteiger partial charge >= 0.3 is 11.9 Å². The lowest BCUT2D eigenvalue weighted by Gasteiger charge is -2.44. The average molecular weight is 884 g/mol. The number of nitrogens with one attached hydrogen (secondary N) is 4. The average Bonchev–Trinajstić information content (AvgIpc) is 3.24. The number of fused-ring (bicyclic) bond motifs is 2. The molecule has 1 aromatic rings. The zero-order chi connectivity index (χ0) is 46.7. The first-order valence-electron chi connectivity index (χ1n) is 21.8. The minimum absolute atomic E-state index is 0.00999. The van der Waals surface area contributed by atoms with E-state index in [2.05, 4.69) is 21.3 Å². The van der Waals surface area contributed by atoms with E-state index in [1.165, 1.54) is 18.9 Å². The molecule has 0 spiro atoms. The molecule has 2 aliphatic heterocycles. The van der Waals surface area contributed by atoms with Crippen molar-refractivity contribution in [1.82, 2.24) is 31.1 Å². The van der Waals surface area contributed by atoms with Gasteiger partial charge in [-0.25, -0.2) is 4.79 Å². The van der Waals surface area contributed by atoms with Crippen LogP contribution in [0.1, 0.15) is 91.5 Å². The third kappa shape index (κ3) is 13.3. The monoisotopic (exact) mass is 883 g/mol. The molecule has 1 aliphatic carbocycles. The first-order valence-corrected chi connectivity index (χ1v) is 21.8. The van der Waals surface area contributed by atoms with Gasteiger partial charge in [0, 0.05) is 19.9 Å². The number of ether oxygens (including phenoxy) is 1. The van der Waals surface area contributed by atoms with E-state index in [1.54, 1.807) is 70.2 Å². The van der Waals surface area contributed by atoms with Crippen molar-refractivity contribution in [1.29, 1.82) is 0 Å². The number of carbonyl (C=O) groups is 8. The molecular formula is C44H65N7O12. The number of esters is 1. The van der Waals surface area contributed by atoms with E-state index in [-0.39, 0.29) is 38.0 Å². The summed E-state index contributed by atoms with van der Waals surface area (Å²) in [7, 11) is 1.41. The molecule has 2 heterocycles. The number of carboxylic acids is 1. The third-order valence-corrected chi connectivity index (χ3v) is 12.2. The number of aliphatic hydroxyl groups is 2. The van der Waals surface area contributed by atoms with Crippen LogP contribution in [0.4, 0.5) is 0 Å². The molecule has 2 bridgehead atoms. The van der Waals surface area contributed by atoms with Gasteiger partial charge in [-0.1, -0.05) is 76.6 Å². The van der Waals surface area contributed by atoms with Gasteiger partial charge in [-0.2, -0.15) is 0 Å². The maximum atomic E-state index is 14.7. The summed E-state index contributed by atoms with van der Waals surface area (Å²) in [5.41, 5.74) is 6.30. The Kier molecular flexibility index (Phi) is 18.2. The minimum Gasteiger partial charge on any atom is -0.480 e. The number of piperidine rings is 1. The van der Waals surface area contributed by atoms with Gasteiger partial charge in [-0.3, -0.25) is 33.6 Å². The number of carboxylic acid groups (broad SMARTS) is 1. The molecule has 9 N–H and O–H groups in total. The Balaban J connectivity index is 1.84. The summed E-state index contributed by atoms with van der Waals surface area (Å²) in [6.45, 7) is 8.19. The number of hydrogen-bond acceptors (Lipinski definition) is 12. The lowest BCUT2D eigenvalue weighted by Crippen LogP contribution is -2.66. The number of aliphatic carboxylic acids is 1. The van der Waals surface area contributed by atoms with Crippen molar-refractivity contribution < 1.29 is 58.4 Å². The first kappa shape index (κ1) is 50.2. The molecule has 63 heavy (non-hydrogen) atoms. The van der Waals surface area contributed by atoms with E-state index in [0.717, 1.165) is 4.90 Å². The van der Waals surface area contributed by atoms with Gasteiger partial charge < -0.3 is 56.9 Å². The molecule has 19 nitrogen and oxygen atoms in total. The zero-order valence-corrected chi connectivity index (χ0v) is 36.9. The Morgan fingerprint density at radius 3 is 2.19 bits per heavy atom. The van der Waals surface area contributed by atoms with Gasteiger partial charge in [0.2, 0.25) is 35.4 Å². The van der Waals surface area contributed by atoms with Crippen LogP contribution in [-0.4, -0.2) is 140 Å². The summed E-state index contributed by atoms with van der Waals surface area (Å²) in [4.78, 5) is 113. The number of nitrogens with zero attached hydrogens (tertiary/aromatic N) is 2. The van der Waals surface area contributed by atoms with Crippen LogP contribution >= 0.6 is 0 Å². The molecule has 12 atom stereocenters. The summed E-state index contributed by atoms with van der Waals surface area (Å²) in [5, 5.41) is 41.4. The fourth-order valence-corrected chi connectivity index (χ4v) is 8.11. The van der Waals surface area contributed by atoms with Crippen LogP contribution in [0.5, 0.6) is 0 Å². The van der Waals surface area contributed by atoms with Crippen LogP contribution in [-0.2, 0) is 49.5 Å². The number of amides is 6. The molecule has 0 saturated carbocycles. The molecule has 19 heteroatoms. The summed E-state index contributed by atoms with van der Waals surface area (Å²) < 4.78 is 5.86. The molecule has 0 aromatic heterocycles. The Morgan fingerprint density at radius 2 is 1.59 bits per heavy atom. The predicted molar refractivity (Wildman–Crippen MR) is 227 cm³/mol. The highest BCUT2D eigenvalue weighted by atomic mass is 16.5. The van der Waals surface area contributed by atoms with E-state index in [9.17, 15) is 53.7 Å². The molecule has 0 radical (unpaired) electrons. The molecular weight excluding hydrogens is 819 g/mol. The number of carbonyl (C=O) groups excluding carboxylic acids is 7. The van der Waals surface area contributed by atoms with Crippen molar-refractivity contribution in [3.8, 4) is 0 Å². The lowest BCUT2D eigenvalue weighted by atomic mass is 9.88. The fourth-order valence-electron chi connectivity index (χ4n) is 8.11. The van der Waals surface area contributed by atoms with Gasteiger partial charge in [-0.05, 0) is 68.8 Å². The highest BCUT2D eigenvalue weighted by Gasteiger charge is 2.47. The van der Waals surface area contributed by atoms with Gasteiger partial charge in [0.25, 0.3) is 0 Å². The van der Waals surface area contributed by atoms with E-state index >= 15 is 0 Å². The normalized spacial score (nSPS) is 30.2. The maximum Gasteiger partial charge on any atom is 0.329 e. The maximum absolute atomic E-state index is 14.7. The lowest BCUT2D eigenvalue weighted by molar-refractivity contribution is -0.167. The molecule has 2 saturated heterocycles. The minimum atomic E-state index is -1.67. The molecule has 3 aliphatic rings. The van der Waals surface area contributed by atoms with Gasteiger partial charge in [0.1, 0.15) is 54.6 Å². The SMILES string of the molecule is CC[C@H](C)[C@@H]1NC(=O)[C@H](Cc2ccccc2)N(C)C(=O)[C@H](C(C)C)N2C(=O)[C@H](CC[C@H]2O)NC(=O)[C@H](C[C@H]2C=C[C@H](O)CC2)NC(=O)[C@@H](NC(=O)CCC(N)C(=O)O)C(C)OC1=O. The van der Waals surface area contributed by atoms with Crippen molar-refractivity contribution in [2.24, 2.45) is 23.5 Å². The molecule has 1 aromatic carbocycles. The summed E-state index contributed by atoms with van der Waals surface area (Å²) in [6, 6.07) is -0.703.